The smallest absolute Gasteiger partial charge is 0.410 e. The van der Waals surface area contributed by atoms with Crippen LogP contribution >= 0.6 is 35.7 Å². The van der Waals surface area contributed by atoms with Gasteiger partial charge >= 0.3 is 6.09 Å². The van der Waals surface area contributed by atoms with Gasteiger partial charge in [0.15, 0.2) is 5.96 Å². The number of nitrogens with zero attached hydrogens (tertiary/aromatic N) is 4. The standard InChI is InChI=1S/C16H31N5O2S.HI/c1-16(2,3)23-15(22)21-8-6-19(7-9-21)5-4-18-14(17)20-10-12-24-13-11-20;/h4-13H2,1-3H3,(H2,17,18);1H. The largest absolute Gasteiger partial charge is 0.444 e. The zero-order valence-electron chi connectivity index (χ0n) is 15.6. The molecule has 2 heterocycles. The van der Waals surface area contributed by atoms with Gasteiger partial charge in [-0.25, -0.2) is 4.79 Å². The third-order valence-electron chi connectivity index (χ3n) is 4.05. The van der Waals surface area contributed by atoms with E-state index in [4.69, 9.17) is 10.5 Å². The second-order valence-corrected chi connectivity index (χ2v) is 8.37. The Kier molecular flexibility index (Phi) is 9.65. The van der Waals surface area contributed by atoms with E-state index in [-0.39, 0.29) is 30.1 Å². The van der Waals surface area contributed by atoms with Crippen LogP contribution in [0, 0.1) is 0 Å². The Morgan fingerprint density at radius 2 is 1.68 bits per heavy atom. The van der Waals surface area contributed by atoms with Crippen LogP contribution < -0.4 is 5.73 Å². The van der Waals surface area contributed by atoms with Gasteiger partial charge in [-0.2, -0.15) is 11.8 Å². The topological polar surface area (TPSA) is 74.4 Å². The van der Waals surface area contributed by atoms with Gasteiger partial charge in [0.1, 0.15) is 5.60 Å². The fraction of sp³-hybridized carbons (Fsp3) is 0.875. The summed E-state index contributed by atoms with van der Waals surface area (Å²) in [6.07, 6.45) is -0.215. The number of amides is 1. The summed E-state index contributed by atoms with van der Waals surface area (Å²) >= 11 is 1.97. The van der Waals surface area contributed by atoms with Gasteiger partial charge in [0.05, 0.1) is 6.54 Å². The third-order valence-corrected chi connectivity index (χ3v) is 4.99. The number of aliphatic imine (C=N–C) groups is 1. The molecule has 9 heteroatoms. The number of piperazine rings is 1. The summed E-state index contributed by atoms with van der Waals surface area (Å²) in [4.78, 5) is 22.8. The molecule has 0 radical (unpaired) electrons. The number of hydrogen-bond donors (Lipinski definition) is 1. The Hall–Kier alpha value is -0.420. The van der Waals surface area contributed by atoms with E-state index in [0.717, 1.165) is 44.2 Å². The molecule has 0 unspecified atom stereocenters. The first-order valence-electron chi connectivity index (χ1n) is 8.68. The summed E-state index contributed by atoms with van der Waals surface area (Å²) in [6, 6.07) is 0. The van der Waals surface area contributed by atoms with Crippen LogP contribution in [0.1, 0.15) is 20.8 Å². The van der Waals surface area contributed by atoms with E-state index < -0.39 is 5.60 Å². The van der Waals surface area contributed by atoms with Gasteiger partial charge in [-0.05, 0) is 20.8 Å². The molecule has 0 atom stereocenters. The van der Waals surface area contributed by atoms with Crippen molar-refractivity contribution in [1.29, 1.82) is 0 Å². The van der Waals surface area contributed by atoms with Crippen molar-refractivity contribution >= 4 is 47.8 Å². The molecule has 2 aliphatic heterocycles. The van der Waals surface area contributed by atoms with Gasteiger partial charge < -0.3 is 20.3 Å². The Balaban J connectivity index is 0.00000312. The van der Waals surface area contributed by atoms with Crippen molar-refractivity contribution in [3.05, 3.63) is 0 Å². The zero-order valence-corrected chi connectivity index (χ0v) is 18.7. The maximum atomic E-state index is 12.0. The van der Waals surface area contributed by atoms with Crippen LogP contribution in [-0.4, -0.2) is 96.2 Å². The molecule has 0 bridgehead atoms. The number of carbonyl (C=O) groups excluding carboxylic acids is 1. The Labute approximate surface area is 172 Å². The monoisotopic (exact) mass is 485 g/mol. The first-order chi connectivity index (χ1) is 11.3. The fourth-order valence-corrected chi connectivity index (χ4v) is 3.58. The van der Waals surface area contributed by atoms with E-state index in [9.17, 15) is 4.79 Å². The molecule has 25 heavy (non-hydrogen) atoms. The molecular formula is C16H32IN5O2S. The first-order valence-corrected chi connectivity index (χ1v) is 9.83. The molecule has 0 aromatic rings. The summed E-state index contributed by atoms with van der Waals surface area (Å²) in [7, 11) is 0. The maximum absolute atomic E-state index is 12.0. The molecule has 146 valence electrons. The minimum absolute atomic E-state index is 0. The van der Waals surface area contributed by atoms with Gasteiger partial charge in [0.25, 0.3) is 0 Å². The summed E-state index contributed by atoms with van der Waals surface area (Å²) < 4.78 is 5.42. The number of hydrogen-bond acceptors (Lipinski definition) is 5. The van der Waals surface area contributed by atoms with Gasteiger partial charge in [-0.1, -0.05) is 0 Å². The average Bonchev–Trinajstić information content (AvgIpc) is 2.54. The quantitative estimate of drug-likeness (QED) is 0.371. The molecule has 2 aliphatic rings. The third kappa shape index (κ3) is 8.21. The minimum atomic E-state index is -0.437. The van der Waals surface area contributed by atoms with E-state index in [2.05, 4.69) is 14.8 Å². The second-order valence-electron chi connectivity index (χ2n) is 7.15. The molecule has 2 N–H and O–H groups in total. The average molecular weight is 485 g/mol. The highest BCUT2D eigenvalue weighted by molar-refractivity contribution is 14.0. The highest BCUT2D eigenvalue weighted by atomic mass is 127. The fourth-order valence-electron chi connectivity index (χ4n) is 2.68. The number of nitrogens with two attached hydrogens (primary N) is 1. The molecule has 2 fully saturated rings. The number of ether oxygens (including phenoxy) is 1. The van der Waals surface area contributed by atoms with E-state index >= 15 is 0 Å². The van der Waals surface area contributed by atoms with Crippen molar-refractivity contribution in [3.63, 3.8) is 0 Å². The van der Waals surface area contributed by atoms with Gasteiger partial charge in [0, 0.05) is 57.3 Å². The number of thioether (sulfide) groups is 1. The first kappa shape index (κ1) is 22.6. The van der Waals surface area contributed by atoms with Crippen LogP contribution in [0.5, 0.6) is 0 Å². The molecule has 0 aromatic carbocycles. The lowest BCUT2D eigenvalue weighted by atomic mass is 10.2. The van der Waals surface area contributed by atoms with Crippen molar-refractivity contribution in [3.8, 4) is 0 Å². The molecule has 2 rings (SSSR count). The lowest BCUT2D eigenvalue weighted by molar-refractivity contribution is 0.0148. The van der Waals surface area contributed by atoms with Crippen LogP contribution in [0.15, 0.2) is 4.99 Å². The molecule has 0 aliphatic carbocycles. The van der Waals surface area contributed by atoms with E-state index in [1.165, 1.54) is 0 Å². The van der Waals surface area contributed by atoms with Crippen LogP contribution in [-0.2, 0) is 4.74 Å². The number of carbonyl (C=O) groups is 1. The van der Waals surface area contributed by atoms with Crippen molar-refractivity contribution in [2.75, 3.05) is 63.9 Å². The lowest BCUT2D eigenvalue weighted by Gasteiger charge is -2.35. The maximum Gasteiger partial charge on any atom is 0.410 e. The van der Waals surface area contributed by atoms with E-state index in [1.54, 1.807) is 4.90 Å². The van der Waals surface area contributed by atoms with Gasteiger partial charge in [-0.15, -0.1) is 24.0 Å². The zero-order chi connectivity index (χ0) is 17.6. The predicted octanol–water partition coefficient (Wildman–Crippen LogP) is 1.52. The highest BCUT2D eigenvalue weighted by Gasteiger charge is 2.25. The van der Waals surface area contributed by atoms with Gasteiger partial charge in [-0.3, -0.25) is 9.89 Å². The van der Waals surface area contributed by atoms with E-state index in [1.807, 2.05) is 32.5 Å². The molecule has 0 saturated carbocycles. The molecule has 7 nitrogen and oxygen atoms in total. The van der Waals surface area contributed by atoms with Crippen LogP contribution in [0.25, 0.3) is 0 Å². The Morgan fingerprint density at radius 1 is 1.08 bits per heavy atom. The van der Waals surface area contributed by atoms with Crippen molar-refractivity contribution in [2.24, 2.45) is 10.7 Å². The molecular weight excluding hydrogens is 453 g/mol. The Bertz CT molecular complexity index is 444. The normalized spacial score (nSPS) is 20.2. The Morgan fingerprint density at radius 3 is 2.24 bits per heavy atom. The van der Waals surface area contributed by atoms with Crippen LogP contribution in [0.3, 0.4) is 0 Å². The van der Waals surface area contributed by atoms with Crippen LogP contribution in [0.4, 0.5) is 4.79 Å². The van der Waals surface area contributed by atoms with Crippen molar-refractivity contribution < 1.29 is 9.53 Å². The summed E-state index contributed by atoms with van der Waals surface area (Å²) in [6.45, 7) is 12.4. The summed E-state index contributed by atoms with van der Waals surface area (Å²) in [5.41, 5.74) is 5.63. The molecule has 0 aromatic heterocycles. The molecule has 2 saturated heterocycles. The summed E-state index contributed by atoms with van der Waals surface area (Å²) in [5, 5.41) is 0. The number of rotatable bonds is 3. The SMILES string of the molecule is CC(C)(C)OC(=O)N1CCN(CCN=C(N)N2CCSCC2)CC1.I. The van der Waals surface area contributed by atoms with Crippen LogP contribution in [0.2, 0.25) is 0 Å². The number of halogens is 1. The molecule has 0 spiro atoms. The minimum Gasteiger partial charge on any atom is -0.444 e. The lowest BCUT2D eigenvalue weighted by Crippen LogP contribution is -2.50. The highest BCUT2D eigenvalue weighted by Crippen LogP contribution is 2.12. The van der Waals surface area contributed by atoms with Crippen molar-refractivity contribution in [2.45, 2.75) is 26.4 Å². The molecule has 1 amide bonds. The van der Waals surface area contributed by atoms with Crippen molar-refractivity contribution in [1.82, 2.24) is 14.7 Å². The van der Waals surface area contributed by atoms with E-state index in [0.29, 0.717) is 25.6 Å². The second kappa shape index (κ2) is 10.7. The number of guanidine groups is 1. The van der Waals surface area contributed by atoms with Gasteiger partial charge in [0.2, 0.25) is 0 Å². The predicted molar refractivity (Wildman–Crippen MR) is 115 cm³/mol. The summed E-state index contributed by atoms with van der Waals surface area (Å²) in [5.74, 6) is 2.92.